The zero-order chi connectivity index (χ0) is 9.07. The first-order valence-corrected chi connectivity index (χ1v) is 5.60. The lowest BCUT2D eigenvalue weighted by Gasteiger charge is -2.10. The van der Waals surface area contributed by atoms with Gasteiger partial charge in [0, 0.05) is 0 Å². The summed E-state index contributed by atoms with van der Waals surface area (Å²) < 4.78 is 38.6. The Labute approximate surface area is 64.1 Å². The van der Waals surface area contributed by atoms with Crippen molar-refractivity contribution in [1.29, 1.82) is 0 Å². The maximum absolute atomic E-state index is 11.5. The molecular weight excluding hydrogens is 177 g/mol. The Kier molecular flexibility index (Phi) is 3.57. The van der Waals surface area contributed by atoms with Gasteiger partial charge < -0.3 is 4.43 Å². The summed E-state index contributed by atoms with van der Waals surface area (Å²) in [6, 6.07) is 0.516. The molecule has 0 aliphatic heterocycles. The molecule has 66 valence electrons. The molecule has 0 amide bonds. The summed E-state index contributed by atoms with van der Waals surface area (Å²) in [5, 5.41) is 0. The van der Waals surface area contributed by atoms with Gasteiger partial charge in [-0.15, -0.1) is 0 Å². The molecule has 1 atom stereocenters. The van der Waals surface area contributed by atoms with Crippen LogP contribution < -0.4 is 0 Å². The molecule has 0 bridgehead atoms. The fraction of sp³-hybridized carbons (Fsp3) is 0.800. The smallest absolute Gasteiger partial charge is 0.489 e. The fourth-order valence-corrected chi connectivity index (χ4v) is 0.999. The van der Waals surface area contributed by atoms with E-state index in [-0.39, 0.29) is 0 Å². The molecule has 0 radical (unpaired) electrons. The van der Waals surface area contributed by atoms with Gasteiger partial charge in [-0.1, -0.05) is 6.92 Å². The molecule has 6 heteroatoms. The molecule has 0 saturated heterocycles. The van der Waals surface area contributed by atoms with Crippen LogP contribution in [0.15, 0.2) is 0 Å². The summed E-state index contributed by atoms with van der Waals surface area (Å²) in [6.07, 6.45) is -4.84. The van der Waals surface area contributed by atoms with Crippen LogP contribution in [0.25, 0.3) is 0 Å². The maximum atomic E-state index is 11.5. The van der Waals surface area contributed by atoms with Crippen molar-refractivity contribution >= 4 is 15.0 Å². The second-order valence-electron chi connectivity index (χ2n) is 2.12. The van der Waals surface area contributed by atoms with Gasteiger partial charge in [-0.25, -0.2) is 4.79 Å². The largest absolute Gasteiger partial charge is 0.516 e. The van der Waals surface area contributed by atoms with E-state index in [0.717, 1.165) is 0 Å². The standard InChI is InChI=1S/C5H9F3O2Si/c1-3-11(2)10-4(9)5(6,7)8/h11H,3H2,1-2H3. The predicted molar refractivity (Wildman–Crippen MR) is 35.6 cm³/mol. The van der Waals surface area contributed by atoms with E-state index < -0.39 is 21.2 Å². The van der Waals surface area contributed by atoms with Crippen molar-refractivity contribution in [3.05, 3.63) is 0 Å². The predicted octanol–water partition coefficient (Wildman–Crippen LogP) is 1.47. The third kappa shape index (κ3) is 4.02. The molecule has 0 N–H and O–H groups in total. The second-order valence-corrected chi connectivity index (χ2v) is 4.80. The monoisotopic (exact) mass is 186 g/mol. The van der Waals surface area contributed by atoms with E-state index in [1.807, 2.05) is 0 Å². The fourth-order valence-electron chi connectivity index (χ4n) is 0.333. The topological polar surface area (TPSA) is 26.3 Å². The highest BCUT2D eigenvalue weighted by Crippen LogP contribution is 2.17. The number of rotatable bonds is 2. The molecule has 0 heterocycles. The number of hydrogen-bond donors (Lipinski definition) is 0. The minimum atomic E-state index is -4.84. The first-order valence-electron chi connectivity index (χ1n) is 3.15. The SMILES string of the molecule is CC[SiH](C)OC(=O)C(F)(F)F. The highest BCUT2D eigenvalue weighted by atomic mass is 28.3. The van der Waals surface area contributed by atoms with E-state index in [0.29, 0.717) is 6.04 Å². The van der Waals surface area contributed by atoms with Crippen LogP contribution in [0, 0.1) is 0 Å². The Morgan fingerprint density at radius 3 is 2.27 bits per heavy atom. The van der Waals surface area contributed by atoms with E-state index in [9.17, 15) is 18.0 Å². The van der Waals surface area contributed by atoms with Gasteiger partial charge in [0.1, 0.15) is 0 Å². The molecule has 2 nitrogen and oxygen atoms in total. The molecule has 0 aromatic rings. The van der Waals surface area contributed by atoms with E-state index >= 15 is 0 Å². The molecular formula is C5H9F3O2Si. The summed E-state index contributed by atoms with van der Waals surface area (Å²) in [6.45, 7) is 3.24. The number of carbonyl (C=O) groups is 1. The van der Waals surface area contributed by atoms with Crippen molar-refractivity contribution in [3.8, 4) is 0 Å². The molecule has 0 rings (SSSR count). The summed E-state index contributed by atoms with van der Waals surface area (Å²) >= 11 is 0. The van der Waals surface area contributed by atoms with Gasteiger partial charge in [0.25, 0.3) is 0 Å². The number of hydrogen-bond acceptors (Lipinski definition) is 2. The Morgan fingerprint density at radius 1 is 1.55 bits per heavy atom. The third-order valence-corrected chi connectivity index (χ3v) is 2.88. The first kappa shape index (κ1) is 10.5. The summed E-state index contributed by atoms with van der Waals surface area (Å²) in [5.74, 6) is -2.06. The van der Waals surface area contributed by atoms with Crippen LogP contribution in [-0.4, -0.2) is 21.2 Å². The van der Waals surface area contributed by atoms with Crippen LogP contribution in [0.4, 0.5) is 13.2 Å². The summed E-state index contributed by atoms with van der Waals surface area (Å²) in [4.78, 5) is 10.1. The minimum Gasteiger partial charge on any atom is -0.516 e. The number of carbonyl (C=O) groups excluding carboxylic acids is 1. The number of alkyl halides is 3. The van der Waals surface area contributed by atoms with Crippen molar-refractivity contribution in [1.82, 2.24) is 0 Å². The van der Waals surface area contributed by atoms with Gasteiger partial charge in [0.15, 0.2) is 0 Å². The lowest BCUT2D eigenvalue weighted by molar-refractivity contribution is -0.190. The molecule has 0 saturated carbocycles. The van der Waals surface area contributed by atoms with E-state index in [1.165, 1.54) is 0 Å². The van der Waals surface area contributed by atoms with Gasteiger partial charge in [0.2, 0.25) is 9.04 Å². The van der Waals surface area contributed by atoms with Crippen LogP contribution in [-0.2, 0) is 9.22 Å². The Balaban J connectivity index is 3.88. The zero-order valence-corrected chi connectivity index (χ0v) is 7.39. The van der Waals surface area contributed by atoms with Crippen molar-refractivity contribution in [3.63, 3.8) is 0 Å². The lowest BCUT2D eigenvalue weighted by Crippen LogP contribution is -2.30. The van der Waals surface area contributed by atoms with E-state index in [2.05, 4.69) is 4.43 Å². The average Bonchev–Trinajstić information content (AvgIpc) is 1.85. The van der Waals surface area contributed by atoms with Crippen molar-refractivity contribution in [2.45, 2.75) is 25.7 Å². The van der Waals surface area contributed by atoms with Crippen LogP contribution in [0.3, 0.4) is 0 Å². The molecule has 0 aliphatic rings. The van der Waals surface area contributed by atoms with E-state index in [1.54, 1.807) is 13.5 Å². The highest BCUT2D eigenvalue weighted by Gasteiger charge is 2.41. The Bertz CT molecular complexity index is 145. The lowest BCUT2D eigenvalue weighted by atomic mass is 10.7. The second kappa shape index (κ2) is 3.75. The molecule has 1 unspecified atom stereocenters. The molecule has 0 aromatic heterocycles. The average molecular weight is 186 g/mol. The highest BCUT2D eigenvalue weighted by molar-refractivity contribution is 6.52. The van der Waals surface area contributed by atoms with E-state index in [4.69, 9.17) is 0 Å². The first-order chi connectivity index (χ1) is 4.88. The molecule has 11 heavy (non-hydrogen) atoms. The molecule has 0 aliphatic carbocycles. The van der Waals surface area contributed by atoms with Crippen LogP contribution in [0.1, 0.15) is 6.92 Å². The summed E-state index contributed by atoms with van der Waals surface area (Å²) in [5.41, 5.74) is 0. The Hall–Kier alpha value is -0.523. The quantitative estimate of drug-likeness (QED) is 0.610. The summed E-state index contributed by atoms with van der Waals surface area (Å²) in [7, 11) is -1.91. The Morgan fingerprint density at radius 2 is 2.00 bits per heavy atom. The van der Waals surface area contributed by atoms with Crippen LogP contribution in [0.2, 0.25) is 12.6 Å². The normalized spacial score (nSPS) is 14.3. The minimum absolute atomic E-state index is 0.516. The van der Waals surface area contributed by atoms with Gasteiger partial charge >= 0.3 is 12.1 Å². The molecule has 0 fully saturated rings. The molecule has 0 aromatic carbocycles. The van der Waals surface area contributed by atoms with Crippen molar-refractivity contribution in [2.75, 3.05) is 0 Å². The van der Waals surface area contributed by atoms with Gasteiger partial charge in [-0.2, -0.15) is 13.2 Å². The zero-order valence-electron chi connectivity index (χ0n) is 6.23. The molecule has 0 spiro atoms. The van der Waals surface area contributed by atoms with Gasteiger partial charge in [0.05, 0.1) is 0 Å². The van der Waals surface area contributed by atoms with Crippen molar-refractivity contribution in [2.24, 2.45) is 0 Å². The van der Waals surface area contributed by atoms with Crippen LogP contribution >= 0.6 is 0 Å². The van der Waals surface area contributed by atoms with Gasteiger partial charge in [-0.05, 0) is 12.6 Å². The van der Waals surface area contributed by atoms with Crippen molar-refractivity contribution < 1.29 is 22.4 Å². The third-order valence-electron chi connectivity index (χ3n) is 1.11. The maximum Gasteiger partial charge on any atom is 0.489 e. The van der Waals surface area contributed by atoms with Gasteiger partial charge in [-0.3, -0.25) is 0 Å². The van der Waals surface area contributed by atoms with Crippen LogP contribution in [0.5, 0.6) is 0 Å². The number of halogens is 3.